The SMILES string of the molecule is CCN(CCO)C(=O)c1cc(Cl)ccc1OC. The van der Waals surface area contributed by atoms with Gasteiger partial charge in [-0.2, -0.15) is 0 Å². The van der Waals surface area contributed by atoms with Gasteiger partial charge in [0.05, 0.1) is 19.3 Å². The van der Waals surface area contributed by atoms with Gasteiger partial charge in [-0.25, -0.2) is 0 Å². The minimum Gasteiger partial charge on any atom is -0.496 e. The Morgan fingerprint density at radius 3 is 2.76 bits per heavy atom. The molecule has 1 rings (SSSR count). The van der Waals surface area contributed by atoms with Crippen LogP contribution in [0.2, 0.25) is 5.02 Å². The molecule has 0 unspecified atom stereocenters. The second kappa shape index (κ2) is 6.47. The van der Waals surface area contributed by atoms with Crippen molar-refractivity contribution >= 4 is 17.5 Å². The van der Waals surface area contributed by atoms with Gasteiger partial charge in [-0.3, -0.25) is 4.79 Å². The number of carbonyl (C=O) groups excluding carboxylic acids is 1. The summed E-state index contributed by atoms with van der Waals surface area (Å²) >= 11 is 5.87. The fourth-order valence-corrected chi connectivity index (χ4v) is 1.71. The van der Waals surface area contributed by atoms with Crippen LogP contribution >= 0.6 is 11.6 Å². The van der Waals surface area contributed by atoms with Gasteiger partial charge in [0.25, 0.3) is 5.91 Å². The summed E-state index contributed by atoms with van der Waals surface area (Å²) in [6.07, 6.45) is 0. The molecule has 0 fully saturated rings. The number of hydrogen-bond acceptors (Lipinski definition) is 3. The molecule has 94 valence electrons. The molecule has 0 spiro atoms. The smallest absolute Gasteiger partial charge is 0.257 e. The largest absolute Gasteiger partial charge is 0.496 e. The van der Waals surface area contributed by atoms with Gasteiger partial charge in [-0.1, -0.05) is 11.6 Å². The van der Waals surface area contributed by atoms with Crippen LogP contribution in [0.4, 0.5) is 0 Å². The Morgan fingerprint density at radius 2 is 2.24 bits per heavy atom. The summed E-state index contributed by atoms with van der Waals surface area (Å²) < 4.78 is 5.13. The number of nitrogens with zero attached hydrogens (tertiary/aromatic N) is 1. The van der Waals surface area contributed by atoms with E-state index in [0.29, 0.717) is 29.4 Å². The zero-order valence-corrected chi connectivity index (χ0v) is 10.7. The molecule has 0 aliphatic heterocycles. The fourth-order valence-electron chi connectivity index (χ4n) is 1.54. The van der Waals surface area contributed by atoms with E-state index in [-0.39, 0.29) is 12.5 Å². The van der Waals surface area contributed by atoms with Crippen molar-refractivity contribution in [3.05, 3.63) is 28.8 Å². The number of aliphatic hydroxyl groups excluding tert-OH is 1. The van der Waals surface area contributed by atoms with Crippen LogP contribution in [0.1, 0.15) is 17.3 Å². The standard InChI is InChI=1S/C12H16ClNO3/c1-3-14(6-7-15)12(16)10-8-9(13)4-5-11(10)17-2/h4-5,8,15H,3,6-7H2,1-2H3. The average molecular weight is 258 g/mol. The summed E-state index contributed by atoms with van der Waals surface area (Å²) in [5.74, 6) is 0.289. The number of rotatable bonds is 5. The van der Waals surface area contributed by atoms with Crippen molar-refractivity contribution in [3.63, 3.8) is 0 Å². The van der Waals surface area contributed by atoms with E-state index in [0.717, 1.165) is 0 Å². The molecule has 0 atom stereocenters. The number of aliphatic hydroxyl groups is 1. The van der Waals surface area contributed by atoms with E-state index in [2.05, 4.69) is 0 Å². The number of amides is 1. The van der Waals surface area contributed by atoms with E-state index in [1.807, 2.05) is 6.92 Å². The topological polar surface area (TPSA) is 49.8 Å². The van der Waals surface area contributed by atoms with E-state index >= 15 is 0 Å². The van der Waals surface area contributed by atoms with Crippen molar-refractivity contribution in [1.82, 2.24) is 4.90 Å². The molecular weight excluding hydrogens is 242 g/mol. The molecule has 1 aromatic rings. The molecule has 4 nitrogen and oxygen atoms in total. The summed E-state index contributed by atoms with van der Waals surface area (Å²) in [5.41, 5.74) is 0.412. The Kier molecular flexibility index (Phi) is 5.25. The molecule has 1 amide bonds. The molecule has 0 saturated heterocycles. The number of hydrogen-bond donors (Lipinski definition) is 1. The molecule has 17 heavy (non-hydrogen) atoms. The first kappa shape index (κ1) is 13.8. The van der Waals surface area contributed by atoms with Crippen LogP contribution in [0, 0.1) is 0 Å². The first-order valence-corrected chi connectivity index (χ1v) is 5.75. The molecule has 0 radical (unpaired) electrons. The Morgan fingerprint density at radius 1 is 1.53 bits per heavy atom. The van der Waals surface area contributed by atoms with Crippen molar-refractivity contribution in [3.8, 4) is 5.75 Å². The van der Waals surface area contributed by atoms with E-state index in [1.165, 1.54) is 12.0 Å². The van der Waals surface area contributed by atoms with E-state index < -0.39 is 0 Å². The maximum absolute atomic E-state index is 12.2. The first-order chi connectivity index (χ1) is 8.13. The lowest BCUT2D eigenvalue weighted by atomic mass is 10.1. The van der Waals surface area contributed by atoms with Gasteiger partial charge in [0.15, 0.2) is 0 Å². The Labute approximate surface area is 106 Å². The van der Waals surface area contributed by atoms with E-state index in [9.17, 15) is 4.79 Å². The maximum atomic E-state index is 12.2. The lowest BCUT2D eigenvalue weighted by molar-refractivity contribution is 0.0728. The van der Waals surface area contributed by atoms with Gasteiger partial charge in [0.1, 0.15) is 5.75 Å². The van der Waals surface area contributed by atoms with Gasteiger partial charge >= 0.3 is 0 Å². The van der Waals surface area contributed by atoms with Gasteiger partial charge in [0.2, 0.25) is 0 Å². The quantitative estimate of drug-likeness (QED) is 0.875. The molecule has 1 N–H and O–H groups in total. The second-order valence-corrected chi connectivity index (χ2v) is 3.89. The number of carbonyl (C=O) groups is 1. The van der Waals surface area contributed by atoms with Gasteiger partial charge in [-0.15, -0.1) is 0 Å². The van der Waals surface area contributed by atoms with Crippen molar-refractivity contribution in [2.45, 2.75) is 6.92 Å². The van der Waals surface area contributed by atoms with Crippen LogP contribution < -0.4 is 4.74 Å². The maximum Gasteiger partial charge on any atom is 0.257 e. The minimum absolute atomic E-state index is 0.0670. The second-order valence-electron chi connectivity index (χ2n) is 3.45. The fraction of sp³-hybridized carbons (Fsp3) is 0.417. The third kappa shape index (κ3) is 3.35. The summed E-state index contributed by atoms with van der Waals surface area (Å²) in [7, 11) is 1.50. The summed E-state index contributed by atoms with van der Waals surface area (Å²) in [6.45, 7) is 2.60. The van der Waals surface area contributed by atoms with Gasteiger partial charge < -0.3 is 14.7 Å². The zero-order chi connectivity index (χ0) is 12.8. The highest BCUT2D eigenvalue weighted by Crippen LogP contribution is 2.23. The number of methoxy groups -OCH3 is 1. The van der Waals surface area contributed by atoms with Gasteiger partial charge in [0, 0.05) is 18.1 Å². The summed E-state index contributed by atoms with van der Waals surface area (Å²) in [6, 6.07) is 4.89. The Balaban J connectivity index is 3.04. The molecule has 0 aromatic heterocycles. The van der Waals surface area contributed by atoms with Crippen molar-refractivity contribution < 1.29 is 14.6 Å². The highest BCUT2D eigenvalue weighted by Gasteiger charge is 2.18. The van der Waals surface area contributed by atoms with Crippen molar-refractivity contribution in [2.75, 3.05) is 26.8 Å². The van der Waals surface area contributed by atoms with Crippen LogP contribution in [0.15, 0.2) is 18.2 Å². The number of ether oxygens (including phenoxy) is 1. The van der Waals surface area contributed by atoms with Crippen LogP contribution in [0.3, 0.4) is 0 Å². The molecular formula is C12H16ClNO3. The predicted molar refractivity (Wildman–Crippen MR) is 66.7 cm³/mol. The lowest BCUT2D eigenvalue weighted by Crippen LogP contribution is -2.33. The molecule has 0 aliphatic carbocycles. The minimum atomic E-state index is -0.194. The van der Waals surface area contributed by atoms with Gasteiger partial charge in [-0.05, 0) is 25.1 Å². The van der Waals surface area contributed by atoms with E-state index in [4.69, 9.17) is 21.4 Å². The number of likely N-dealkylation sites (N-methyl/N-ethyl adjacent to an activating group) is 1. The molecule has 5 heteroatoms. The monoisotopic (exact) mass is 257 g/mol. The normalized spacial score (nSPS) is 10.1. The van der Waals surface area contributed by atoms with Crippen molar-refractivity contribution in [2.24, 2.45) is 0 Å². The van der Waals surface area contributed by atoms with E-state index in [1.54, 1.807) is 18.2 Å². The first-order valence-electron chi connectivity index (χ1n) is 5.37. The predicted octanol–water partition coefficient (Wildman–Crippen LogP) is 1.80. The van der Waals surface area contributed by atoms with Crippen LogP contribution in [-0.2, 0) is 0 Å². The summed E-state index contributed by atoms with van der Waals surface area (Å²) in [4.78, 5) is 13.7. The lowest BCUT2D eigenvalue weighted by Gasteiger charge is -2.20. The van der Waals surface area contributed by atoms with Crippen LogP contribution in [0.5, 0.6) is 5.75 Å². The summed E-state index contributed by atoms with van der Waals surface area (Å²) in [5, 5.41) is 9.37. The molecule has 0 bridgehead atoms. The molecule has 1 aromatic carbocycles. The Hall–Kier alpha value is -1.26. The number of benzene rings is 1. The van der Waals surface area contributed by atoms with Crippen molar-refractivity contribution in [1.29, 1.82) is 0 Å². The zero-order valence-electron chi connectivity index (χ0n) is 9.94. The van der Waals surface area contributed by atoms with Crippen LogP contribution in [-0.4, -0.2) is 42.7 Å². The highest BCUT2D eigenvalue weighted by atomic mass is 35.5. The highest BCUT2D eigenvalue weighted by molar-refractivity contribution is 6.31. The van der Waals surface area contributed by atoms with Crippen LogP contribution in [0.25, 0.3) is 0 Å². The molecule has 0 aliphatic rings. The molecule has 0 saturated carbocycles. The third-order valence-electron chi connectivity index (χ3n) is 2.43. The average Bonchev–Trinajstić information content (AvgIpc) is 2.35. The third-order valence-corrected chi connectivity index (χ3v) is 2.67. The molecule has 0 heterocycles. The number of halogens is 1. The Bertz CT molecular complexity index is 395.